The largest absolute Gasteiger partial charge is 0.385 e. The molecular formula is C15H24ClNO. The molecule has 1 aromatic rings. The van der Waals surface area contributed by atoms with Crippen LogP contribution in [0.2, 0.25) is 0 Å². The van der Waals surface area contributed by atoms with E-state index in [1.54, 1.807) is 0 Å². The zero-order chi connectivity index (χ0) is 12.3. The highest BCUT2D eigenvalue weighted by molar-refractivity contribution is 5.85. The predicted molar refractivity (Wildman–Crippen MR) is 78.3 cm³/mol. The Balaban J connectivity index is 0.00000162. The highest BCUT2D eigenvalue weighted by Crippen LogP contribution is 2.33. The number of benzene rings is 1. The van der Waals surface area contributed by atoms with Crippen molar-refractivity contribution >= 4 is 12.4 Å². The molecule has 1 N–H and O–H groups in total. The highest BCUT2D eigenvalue weighted by Gasteiger charge is 2.33. The van der Waals surface area contributed by atoms with Crippen molar-refractivity contribution in [2.75, 3.05) is 19.6 Å². The Kier molecular flexibility index (Phi) is 5.64. The predicted octanol–water partition coefficient (Wildman–Crippen LogP) is 3.11. The maximum absolute atomic E-state index is 10.7. The lowest BCUT2D eigenvalue weighted by atomic mass is 9.84. The number of aliphatic hydroxyl groups is 1. The maximum Gasteiger partial charge on any atom is 0.0921 e. The number of hydrogen-bond donors (Lipinski definition) is 1. The number of hydrogen-bond acceptors (Lipinski definition) is 2. The van der Waals surface area contributed by atoms with Crippen molar-refractivity contribution in [3.05, 3.63) is 35.4 Å². The van der Waals surface area contributed by atoms with Crippen LogP contribution < -0.4 is 0 Å². The molecule has 3 heteroatoms. The van der Waals surface area contributed by atoms with Gasteiger partial charge in [-0.3, -0.25) is 0 Å². The molecule has 1 heterocycles. The van der Waals surface area contributed by atoms with Crippen LogP contribution in [0, 0.1) is 6.92 Å². The van der Waals surface area contributed by atoms with Crippen molar-refractivity contribution in [3.63, 3.8) is 0 Å². The first-order valence-corrected chi connectivity index (χ1v) is 6.66. The molecule has 1 aromatic carbocycles. The second kappa shape index (κ2) is 6.55. The third-order valence-electron chi connectivity index (χ3n) is 3.78. The number of nitrogens with zero attached hydrogens (tertiary/aromatic N) is 1. The van der Waals surface area contributed by atoms with Gasteiger partial charge in [-0.2, -0.15) is 0 Å². The average molecular weight is 270 g/mol. The Bertz CT molecular complexity index is 373. The summed E-state index contributed by atoms with van der Waals surface area (Å²) in [7, 11) is 0. The van der Waals surface area contributed by atoms with Gasteiger partial charge in [-0.15, -0.1) is 12.4 Å². The molecule has 2 nitrogen and oxygen atoms in total. The number of rotatable bonds is 3. The van der Waals surface area contributed by atoms with Crippen LogP contribution in [-0.4, -0.2) is 29.6 Å². The third-order valence-corrected chi connectivity index (χ3v) is 3.78. The van der Waals surface area contributed by atoms with Crippen LogP contribution in [0.5, 0.6) is 0 Å². The van der Waals surface area contributed by atoms with Crippen LogP contribution >= 0.6 is 12.4 Å². The van der Waals surface area contributed by atoms with Crippen molar-refractivity contribution < 1.29 is 5.11 Å². The van der Waals surface area contributed by atoms with Gasteiger partial charge in [0.1, 0.15) is 0 Å². The number of aryl methyl sites for hydroxylation is 1. The first-order valence-electron chi connectivity index (χ1n) is 6.66. The lowest BCUT2D eigenvalue weighted by Gasteiger charge is -2.38. The minimum Gasteiger partial charge on any atom is -0.385 e. The zero-order valence-electron chi connectivity index (χ0n) is 11.4. The van der Waals surface area contributed by atoms with Crippen LogP contribution in [0.1, 0.15) is 37.3 Å². The first-order chi connectivity index (χ1) is 8.14. The van der Waals surface area contributed by atoms with Gasteiger partial charge in [0.05, 0.1) is 5.60 Å². The zero-order valence-corrected chi connectivity index (χ0v) is 12.2. The highest BCUT2D eigenvalue weighted by atomic mass is 35.5. The van der Waals surface area contributed by atoms with E-state index in [1.807, 2.05) is 6.07 Å². The van der Waals surface area contributed by atoms with Gasteiger partial charge in [0.25, 0.3) is 0 Å². The van der Waals surface area contributed by atoms with Gasteiger partial charge in [0.2, 0.25) is 0 Å². The molecule has 0 saturated carbocycles. The van der Waals surface area contributed by atoms with Crippen molar-refractivity contribution in [3.8, 4) is 0 Å². The summed E-state index contributed by atoms with van der Waals surface area (Å²) < 4.78 is 0. The summed E-state index contributed by atoms with van der Waals surface area (Å²) in [5.74, 6) is 0. The van der Waals surface area contributed by atoms with Crippen molar-refractivity contribution in [2.45, 2.75) is 38.7 Å². The summed E-state index contributed by atoms with van der Waals surface area (Å²) in [4.78, 5) is 2.45. The molecule has 1 aliphatic rings. The first kappa shape index (κ1) is 15.5. The summed E-state index contributed by atoms with van der Waals surface area (Å²) in [5.41, 5.74) is 1.72. The van der Waals surface area contributed by atoms with E-state index in [9.17, 15) is 5.11 Å². The minimum absolute atomic E-state index is 0. The molecular weight excluding hydrogens is 246 g/mol. The van der Waals surface area contributed by atoms with Crippen LogP contribution in [-0.2, 0) is 5.60 Å². The summed E-state index contributed by atoms with van der Waals surface area (Å²) in [6, 6.07) is 8.30. The van der Waals surface area contributed by atoms with E-state index in [1.165, 1.54) is 12.0 Å². The molecule has 0 unspecified atom stereocenters. The number of halogens is 1. The second-order valence-electron chi connectivity index (χ2n) is 5.24. The van der Waals surface area contributed by atoms with E-state index in [2.05, 4.69) is 36.9 Å². The van der Waals surface area contributed by atoms with Gasteiger partial charge in [0, 0.05) is 13.1 Å². The summed E-state index contributed by atoms with van der Waals surface area (Å²) in [6.07, 6.45) is 2.91. The Morgan fingerprint density at radius 1 is 1.28 bits per heavy atom. The normalized spacial score (nSPS) is 19.3. The van der Waals surface area contributed by atoms with Gasteiger partial charge in [-0.1, -0.05) is 36.8 Å². The van der Waals surface area contributed by atoms with E-state index in [-0.39, 0.29) is 12.4 Å². The van der Waals surface area contributed by atoms with Crippen LogP contribution in [0.4, 0.5) is 0 Å². The van der Waals surface area contributed by atoms with Gasteiger partial charge < -0.3 is 10.0 Å². The van der Waals surface area contributed by atoms with Crippen molar-refractivity contribution in [2.24, 2.45) is 0 Å². The minimum atomic E-state index is -0.601. The molecule has 0 atom stereocenters. The summed E-state index contributed by atoms with van der Waals surface area (Å²) >= 11 is 0. The summed E-state index contributed by atoms with van der Waals surface area (Å²) in [6.45, 7) is 7.47. The SMILES string of the molecule is CCCN1CCC(O)(c2cccc(C)c2)CC1.Cl. The summed E-state index contributed by atoms with van der Waals surface area (Å²) in [5, 5.41) is 10.7. The lowest BCUT2D eigenvalue weighted by Crippen LogP contribution is -2.42. The quantitative estimate of drug-likeness (QED) is 0.911. The fraction of sp³-hybridized carbons (Fsp3) is 0.600. The van der Waals surface area contributed by atoms with E-state index in [4.69, 9.17) is 0 Å². The van der Waals surface area contributed by atoms with Gasteiger partial charge >= 0.3 is 0 Å². The fourth-order valence-electron chi connectivity index (χ4n) is 2.69. The molecule has 1 fully saturated rings. The smallest absolute Gasteiger partial charge is 0.0921 e. The molecule has 1 aliphatic heterocycles. The average Bonchev–Trinajstić information content (AvgIpc) is 2.33. The third kappa shape index (κ3) is 3.47. The molecule has 0 bridgehead atoms. The molecule has 0 amide bonds. The monoisotopic (exact) mass is 269 g/mol. The second-order valence-corrected chi connectivity index (χ2v) is 5.24. The van der Waals surface area contributed by atoms with Crippen molar-refractivity contribution in [1.29, 1.82) is 0 Å². The maximum atomic E-state index is 10.7. The Morgan fingerprint density at radius 2 is 1.94 bits per heavy atom. The lowest BCUT2D eigenvalue weighted by molar-refractivity contribution is -0.0258. The van der Waals surface area contributed by atoms with Crippen LogP contribution in [0.3, 0.4) is 0 Å². The van der Waals surface area contributed by atoms with Crippen molar-refractivity contribution in [1.82, 2.24) is 4.90 Å². The standard InChI is InChI=1S/C15H23NO.ClH/c1-3-9-16-10-7-15(17,8-11-16)14-6-4-5-13(2)12-14;/h4-6,12,17H,3,7-11H2,1-2H3;1H. The molecule has 0 aromatic heterocycles. The van der Waals surface area contributed by atoms with E-state index < -0.39 is 5.60 Å². The molecule has 18 heavy (non-hydrogen) atoms. The Morgan fingerprint density at radius 3 is 2.50 bits per heavy atom. The molecule has 102 valence electrons. The number of piperidine rings is 1. The van der Waals surface area contributed by atoms with Gasteiger partial charge in [-0.05, 0) is 38.3 Å². The van der Waals surface area contributed by atoms with Crippen LogP contribution in [0.15, 0.2) is 24.3 Å². The van der Waals surface area contributed by atoms with Crippen LogP contribution in [0.25, 0.3) is 0 Å². The molecule has 2 rings (SSSR count). The molecule has 0 radical (unpaired) electrons. The molecule has 1 saturated heterocycles. The van der Waals surface area contributed by atoms with E-state index >= 15 is 0 Å². The molecule has 0 aliphatic carbocycles. The number of likely N-dealkylation sites (tertiary alicyclic amines) is 1. The van der Waals surface area contributed by atoms with Gasteiger partial charge in [-0.25, -0.2) is 0 Å². The van der Waals surface area contributed by atoms with E-state index in [0.29, 0.717) is 0 Å². The Hall–Kier alpha value is -0.570. The Labute approximate surface area is 116 Å². The van der Waals surface area contributed by atoms with Gasteiger partial charge in [0.15, 0.2) is 0 Å². The fourth-order valence-corrected chi connectivity index (χ4v) is 2.69. The molecule has 0 spiro atoms. The topological polar surface area (TPSA) is 23.5 Å². The van der Waals surface area contributed by atoms with E-state index in [0.717, 1.165) is 38.0 Å².